The molecule has 1 nitrogen and oxygen atoms in total. The normalized spacial score (nSPS) is 13.6. The highest BCUT2D eigenvalue weighted by molar-refractivity contribution is 9.10. The molecule has 0 amide bonds. The summed E-state index contributed by atoms with van der Waals surface area (Å²) in [6.45, 7) is 6.67. The Labute approximate surface area is 121 Å². The van der Waals surface area contributed by atoms with Gasteiger partial charge in [0, 0.05) is 9.85 Å². The minimum absolute atomic E-state index is 0.0685. The molecule has 1 heterocycles. The average molecular weight is 324 g/mol. The molecule has 0 spiro atoms. The Kier molecular flexibility index (Phi) is 3.95. The standard InChI is InChI=1S/C15H18BrNS/c1-15(2,3)12-7-5-4-6-10(12)14(17)11-8-18-9-13(11)16/h4-9,14H,17H2,1-3H3. The summed E-state index contributed by atoms with van der Waals surface area (Å²) in [5.74, 6) is 0. The van der Waals surface area contributed by atoms with Crippen molar-refractivity contribution in [3.63, 3.8) is 0 Å². The molecule has 2 N–H and O–H groups in total. The number of rotatable bonds is 2. The number of halogens is 1. The fraction of sp³-hybridized carbons (Fsp3) is 0.333. The number of benzene rings is 1. The Hall–Kier alpha value is -0.640. The highest BCUT2D eigenvalue weighted by atomic mass is 79.9. The van der Waals surface area contributed by atoms with Crippen molar-refractivity contribution in [2.45, 2.75) is 32.2 Å². The maximum absolute atomic E-state index is 6.44. The first-order valence-corrected chi connectivity index (χ1v) is 7.71. The minimum atomic E-state index is -0.0685. The summed E-state index contributed by atoms with van der Waals surface area (Å²) >= 11 is 5.25. The van der Waals surface area contributed by atoms with Crippen LogP contribution in [0.15, 0.2) is 39.5 Å². The molecule has 0 aliphatic heterocycles. The van der Waals surface area contributed by atoms with Crippen molar-refractivity contribution < 1.29 is 0 Å². The van der Waals surface area contributed by atoms with Crippen LogP contribution < -0.4 is 5.73 Å². The predicted molar refractivity (Wildman–Crippen MR) is 83.2 cm³/mol. The van der Waals surface area contributed by atoms with E-state index in [2.05, 4.69) is 71.7 Å². The maximum Gasteiger partial charge on any atom is 0.0574 e. The van der Waals surface area contributed by atoms with E-state index in [4.69, 9.17) is 5.73 Å². The highest BCUT2D eigenvalue weighted by Crippen LogP contribution is 2.35. The van der Waals surface area contributed by atoms with E-state index < -0.39 is 0 Å². The first kappa shape index (κ1) is 13.8. The summed E-state index contributed by atoms with van der Waals surface area (Å²) in [6.07, 6.45) is 0. The van der Waals surface area contributed by atoms with Crippen LogP contribution in [0.5, 0.6) is 0 Å². The lowest BCUT2D eigenvalue weighted by atomic mass is 9.81. The first-order valence-electron chi connectivity index (χ1n) is 5.98. The van der Waals surface area contributed by atoms with Gasteiger partial charge in [-0.25, -0.2) is 0 Å². The monoisotopic (exact) mass is 323 g/mol. The maximum atomic E-state index is 6.44. The largest absolute Gasteiger partial charge is 0.320 e. The van der Waals surface area contributed by atoms with Crippen molar-refractivity contribution >= 4 is 27.3 Å². The molecular weight excluding hydrogens is 306 g/mol. The molecule has 1 unspecified atom stereocenters. The van der Waals surface area contributed by atoms with Crippen LogP contribution in [0, 0.1) is 0 Å². The lowest BCUT2D eigenvalue weighted by molar-refractivity contribution is 0.578. The van der Waals surface area contributed by atoms with E-state index in [-0.39, 0.29) is 11.5 Å². The zero-order chi connectivity index (χ0) is 13.3. The van der Waals surface area contributed by atoms with Gasteiger partial charge >= 0.3 is 0 Å². The molecule has 1 atom stereocenters. The van der Waals surface area contributed by atoms with Crippen LogP contribution in [0.3, 0.4) is 0 Å². The van der Waals surface area contributed by atoms with Crippen molar-refractivity contribution in [2.75, 3.05) is 0 Å². The van der Waals surface area contributed by atoms with Crippen molar-refractivity contribution in [3.8, 4) is 0 Å². The number of nitrogens with two attached hydrogens (primary N) is 1. The van der Waals surface area contributed by atoms with Crippen molar-refractivity contribution in [2.24, 2.45) is 5.73 Å². The molecule has 0 aliphatic carbocycles. The summed E-state index contributed by atoms with van der Waals surface area (Å²) in [4.78, 5) is 0. The second kappa shape index (κ2) is 5.16. The quantitative estimate of drug-likeness (QED) is 0.839. The van der Waals surface area contributed by atoms with Crippen LogP contribution in [-0.2, 0) is 5.41 Å². The molecule has 1 aromatic carbocycles. The third-order valence-corrected chi connectivity index (χ3v) is 4.83. The lowest BCUT2D eigenvalue weighted by Gasteiger charge is -2.25. The van der Waals surface area contributed by atoms with Crippen molar-refractivity contribution in [1.82, 2.24) is 0 Å². The number of hydrogen-bond donors (Lipinski definition) is 1. The Morgan fingerprint density at radius 1 is 1.11 bits per heavy atom. The Morgan fingerprint density at radius 3 is 2.33 bits per heavy atom. The fourth-order valence-corrected chi connectivity index (χ4v) is 3.71. The average Bonchev–Trinajstić information content (AvgIpc) is 2.73. The van der Waals surface area contributed by atoms with Crippen LogP contribution in [0.25, 0.3) is 0 Å². The highest BCUT2D eigenvalue weighted by Gasteiger charge is 2.22. The van der Waals surface area contributed by atoms with Crippen LogP contribution in [-0.4, -0.2) is 0 Å². The third kappa shape index (κ3) is 2.68. The van der Waals surface area contributed by atoms with Gasteiger partial charge < -0.3 is 5.73 Å². The zero-order valence-electron chi connectivity index (χ0n) is 10.9. The number of hydrogen-bond acceptors (Lipinski definition) is 2. The van der Waals surface area contributed by atoms with E-state index in [9.17, 15) is 0 Å². The molecule has 0 aliphatic rings. The van der Waals surface area contributed by atoms with Gasteiger partial charge in [-0.1, -0.05) is 45.0 Å². The van der Waals surface area contributed by atoms with Gasteiger partial charge in [-0.2, -0.15) is 11.3 Å². The smallest absolute Gasteiger partial charge is 0.0574 e. The Bertz CT molecular complexity index is 539. The van der Waals surface area contributed by atoms with Crippen LogP contribution in [0.4, 0.5) is 0 Å². The number of thiophene rings is 1. The first-order chi connectivity index (χ1) is 8.41. The second-order valence-electron chi connectivity index (χ2n) is 5.49. The van der Waals surface area contributed by atoms with Gasteiger partial charge in [-0.3, -0.25) is 0 Å². The van der Waals surface area contributed by atoms with Gasteiger partial charge in [0.1, 0.15) is 0 Å². The SMILES string of the molecule is CC(C)(C)c1ccccc1C(N)c1cscc1Br. The molecule has 3 heteroatoms. The molecule has 0 fully saturated rings. The second-order valence-corrected chi connectivity index (χ2v) is 7.09. The molecule has 96 valence electrons. The van der Waals surface area contributed by atoms with Gasteiger partial charge in [0.25, 0.3) is 0 Å². The fourth-order valence-electron chi connectivity index (χ4n) is 2.13. The molecule has 0 bridgehead atoms. The van der Waals surface area contributed by atoms with Crippen LogP contribution in [0.1, 0.15) is 43.5 Å². The summed E-state index contributed by atoms with van der Waals surface area (Å²) in [5.41, 5.74) is 10.2. The topological polar surface area (TPSA) is 26.0 Å². The van der Waals surface area contributed by atoms with E-state index in [0.717, 1.165) is 10.0 Å². The van der Waals surface area contributed by atoms with Crippen LogP contribution in [0.2, 0.25) is 0 Å². The van der Waals surface area contributed by atoms with E-state index in [1.165, 1.54) is 11.1 Å². The molecule has 1 aromatic heterocycles. The molecule has 2 aromatic rings. The third-order valence-electron chi connectivity index (χ3n) is 3.08. The van der Waals surface area contributed by atoms with Gasteiger partial charge in [0.15, 0.2) is 0 Å². The van der Waals surface area contributed by atoms with E-state index in [1.807, 2.05) is 0 Å². The van der Waals surface area contributed by atoms with Gasteiger partial charge in [-0.15, -0.1) is 0 Å². The lowest BCUT2D eigenvalue weighted by Crippen LogP contribution is -2.20. The van der Waals surface area contributed by atoms with Gasteiger partial charge in [0.2, 0.25) is 0 Å². The molecule has 0 radical (unpaired) electrons. The molecule has 2 rings (SSSR count). The van der Waals surface area contributed by atoms with Gasteiger partial charge in [0.05, 0.1) is 6.04 Å². The van der Waals surface area contributed by atoms with E-state index in [0.29, 0.717) is 0 Å². The van der Waals surface area contributed by atoms with Gasteiger partial charge in [-0.05, 0) is 43.4 Å². The zero-order valence-corrected chi connectivity index (χ0v) is 13.3. The Balaban J connectivity index is 2.49. The molecule has 0 saturated heterocycles. The summed E-state index contributed by atoms with van der Waals surface area (Å²) < 4.78 is 1.10. The van der Waals surface area contributed by atoms with E-state index in [1.54, 1.807) is 11.3 Å². The molecular formula is C15H18BrNS. The summed E-state index contributed by atoms with van der Waals surface area (Å²) in [5, 5.41) is 4.20. The predicted octanol–water partition coefficient (Wildman–Crippen LogP) is 4.86. The van der Waals surface area contributed by atoms with E-state index >= 15 is 0 Å². The van der Waals surface area contributed by atoms with Crippen LogP contribution >= 0.6 is 27.3 Å². The summed E-state index contributed by atoms with van der Waals surface area (Å²) in [7, 11) is 0. The van der Waals surface area contributed by atoms with Crippen molar-refractivity contribution in [3.05, 3.63) is 56.2 Å². The summed E-state index contributed by atoms with van der Waals surface area (Å²) in [6, 6.07) is 8.38. The minimum Gasteiger partial charge on any atom is -0.320 e. The molecule has 18 heavy (non-hydrogen) atoms. The Morgan fingerprint density at radius 2 is 1.78 bits per heavy atom. The van der Waals surface area contributed by atoms with Crippen molar-refractivity contribution in [1.29, 1.82) is 0 Å². The molecule has 0 saturated carbocycles.